The highest BCUT2D eigenvalue weighted by Gasteiger charge is 2.32. The van der Waals surface area contributed by atoms with Crippen molar-refractivity contribution in [1.29, 1.82) is 0 Å². The minimum Gasteiger partial charge on any atom is -0.274 e. The third kappa shape index (κ3) is 3.17. The third-order valence-corrected chi connectivity index (χ3v) is 4.88. The van der Waals surface area contributed by atoms with Gasteiger partial charge in [0.1, 0.15) is 0 Å². The highest BCUT2D eigenvalue weighted by atomic mass is 16.2. The van der Waals surface area contributed by atoms with E-state index in [0.29, 0.717) is 28.6 Å². The minimum absolute atomic E-state index is 0.203. The number of amides is 2. The molecule has 1 heterocycles. The predicted molar refractivity (Wildman–Crippen MR) is 101 cm³/mol. The molecule has 3 heteroatoms. The molecule has 25 heavy (non-hydrogen) atoms. The largest absolute Gasteiger partial charge is 0.274 e. The Bertz CT molecular complexity index is 838. The highest BCUT2D eigenvalue weighted by molar-refractivity contribution is 6.25. The van der Waals surface area contributed by atoms with Crippen LogP contribution >= 0.6 is 0 Å². The van der Waals surface area contributed by atoms with Crippen molar-refractivity contribution in [2.24, 2.45) is 0 Å². The Balaban J connectivity index is 1.84. The van der Waals surface area contributed by atoms with Gasteiger partial charge in [-0.05, 0) is 30.0 Å². The van der Waals surface area contributed by atoms with Gasteiger partial charge in [-0.15, -0.1) is 6.42 Å². The lowest BCUT2D eigenvalue weighted by Gasteiger charge is -2.27. The van der Waals surface area contributed by atoms with E-state index in [1.807, 2.05) is 12.1 Å². The molecule has 0 aromatic heterocycles. The molecule has 0 atom stereocenters. The number of unbranched alkanes of at least 4 members (excludes halogenated alkanes) is 5. The number of carbonyl (C=O) groups excluding carboxylic acids is 2. The molecule has 0 saturated carbocycles. The molecule has 2 aromatic carbocycles. The fourth-order valence-corrected chi connectivity index (χ4v) is 3.53. The van der Waals surface area contributed by atoms with Gasteiger partial charge in [-0.2, -0.15) is 0 Å². The molecule has 0 radical (unpaired) electrons. The Labute approximate surface area is 149 Å². The summed E-state index contributed by atoms with van der Waals surface area (Å²) in [5.41, 5.74) is 1.87. The maximum Gasteiger partial charge on any atom is 0.261 e. The van der Waals surface area contributed by atoms with Crippen molar-refractivity contribution in [3.8, 4) is 12.3 Å². The first-order chi connectivity index (χ1) is 12.2. The van der Waals surface area contributed by atoms with Gasteiger partial charge >= 0.3 is 0 Å². The van der Waals surface area contributed by atoms with Crippen LogP contribution in [0.5, 0.6) is 0 Å². The fourth-order valence-electron chi connectivity index (χ4n) is 3.53. The highest BCUT2D eigenvalue weighted by Crippen LogP contribution is 2.32. The van der Waals surface area contributed by atoms with Gasteiger partial charge in [0.05, 0.1) is 0 Å². The van der Waals surface area contributed by atoms with Gasteiger partial charge in [-0.3, -0.25) is 14.5 Å². The molecule has 2 amide bonds. The second-order valence-electron chi connectivity index (χ2n) is 6.56. The lowest BCUT2D eigenvalue weighted by molar-refractivity contribution is 0.0608. The summed E-state index contributed by atoms with van der Waals surface area (Å²) in [5.74, 6) is 2.23. The zero-order valence-corrected chi connectivity index (χ0v) is 14.7. The standard InChI is InChI=1S/C22H23NO2/c1-3-5-6-7-8-9-15-23-21(24)18-12-10-11-17-16(4-2)13-14-19(20(17)18)22(23)25/h2,10-14H,3,5-9,15H2,1H3. The number of benzene rings is 2. The molecular formula is C22H23NO2. The van der Waals surface area contributed by atoms with Gasteiger partial charge in [0.2, 0.25) is 0 Å². The van der Waals surface area contributed by atoms with Crippen molar-refractivity contribution >= 4 is 22.6 Å². The summed E-state index contributed by atoms with van der Waals surface area (Å²) >= 11 is 0. The van der Waals surface area contributed by atoms with Crippen molar-refractivity contribution in [1.82, 2.24) is 4.90 Å². The maximum atomic E-state index is 12.8. The number of hydrogen-bond donors (Lipinski definition) is 0. The maximum absolute atomic E-state index is 12.8. The molecule has 1 aliphatic rings. The molecule has 0 N–H and O–H groups in total. The van der Waals surface area contributed by atoms with E-state index in [1.54, 1.807) is 18.2 Å². The molecule has 0 spiro atoms. The minimum atomic E-state index is -0.203. The van der Waals surface area contributed by atoms with Crippen LogP contribution in [0.3, 0.4) is 0 Å². The number of carbonyl (C=O) groups is 2. The van der Waals surface area contributed by atoms with Crippen LogP contribution < -0.4 is 0 Å². The van der Waals surface area contributed by atoms with E-state index in [1.165, 1.54) is 24.2 Å². The van der Waals surface area contributed by atoms with Gasteiger partial charge in [0.15, 0.2) is 0 Å². The summed E-state index contributed by atoms with van der Waals surface area (Å²) in [6.07, 6.45) is 12.3. The number of imide groups is 1. The first-order valence-corrected chi connectivity index (χ1v) is 9.07. The predicted octanol–water partition coefficient (Wildman–Crippen LogP) is 4.78. The van der Waals surface area contributed by atoms with Gasteiger partial charge in [0.25, 0.3) is 11.8 Å². The second-order valence-corrected chi connectivity index (χ2v) is 6.56. The monoisotopic (exact) mass is 333 g/mol. The first-order valence-electron chi connectivity index (χ1n) is 9.07. The molecule has 0 unspecified atom stereocenters. The van der Waals surface area contributed by atoms with E-state index < -0.39 is 0 Å². The van der Waals surface area contributed by atoms with E-state index in [9.17, 15) is 9.59 Å². The number of hydrogen-bond acceptors (Lipinski definition) is 2. The average molecular weight is 333 g/mol. The Hall–Kier alpha value is -2.60. The molecule has 0 fully saturated rings. The third-order valence-electron chi connectivity index (χ3n) is 4.88. The molecule has 3 rings (SSSR count). The first kappa shape index (κ1) is 17.2. The quantitative estimate of drug-likeness (QED) is 0.415. The van der Waals surface area contributed by atoms with E-state index in [0.717, 1.165) is 24.6 Å². The van der Waals surface area contributed by atoms with Crippen LogP contribution in [0.15, 0.2) is 30.3 Å². The molecule has 3 nitrogen and oxygen atoms in total. The molecule has 0 saturated heterocycles. The van der Waals surface area contributed by atoms with Crippen molar-refractivity contribution in [3.05, 3.63) is 47.0 Å². The van der Waals surface area contributed by atoms with Gasteiger partial charge < -0.3 is 0 Å². The van der Waals surface area contributed by atoms with Crippen LogP contribution in [0.2, 0.25) is 0 Å². The van der Waals surface area contributed by atoms with Crippen LogP contribution in [-0.2, 0) is 0 Å². The summed E-state index contributed by atoms with van der Waals surface area (Å²) in [6.45, 7) is 2.67. The second kappa shape index (κ2) is 7.53. The van der Waals surface area contributed by atoms with E-state index >= 15 is 0 Å². The van der Waals surface area contributed by atoms with Crippen molar-refractivity contribution in [2.75, 3.05) is 6.54 Å². The fraction of sp³-hybridized carbons (Fsp3) is 0.364. The number of nitrogens with zero attached hydrogens (tertiary/aromatic N) is 1. The topological polar surface area (TPSA) is 37.4 Å². The van der Waals surface area contributed by atoms with Gasteiger partial charge in [0, 0.05) is 28.6 Å². The Morgan fingerprint density at radius 2 is 1.60 bits per heavy atom. The van der Waals surface area contributed by atoms with Crippen LogP contribution in [0.4, 0.5) is 0 Å². The molecule has 0 aliphatic carbocycles. The molecule has 1 aliphatic heterocycles. The summed E-state index contributed by atoms with van der Waals surface area (Å²) in [7, 11) is 0. The summed E-state index contributed by atoms with van der Waals surface area (Å²) in [4.78, 5) is 27.1. The van der Waals surface area contributed by atoms with Crippen LogP contribution in [0.25, 0.3) is 10.8 Å². The van der Waals surface area contributed by atoms with Gasteiger partial charge in [-0.25, -0.2) is 0 Å². The smallest absolute Gasteiger partial charge is 0.261 e. The molecular weight excluding hydrogens is 310 g/mol. The average Bonchev–Trinajstić information content (AvgIpc) is 2.64. The molecule has 2 aromatic rings. The van der Waals surface area contributed by atoms with E-state index in [-0.39, 0.29) is 11.8 Å². The van der Waals surface area contributed by atoms with Crippen molar-refractivity contribution < 1.29 is 9.59 Å². The Morgan fingerprint density at radius 1 is 0.920 bits per heavy atom. The Kier molecular flexibility index (Phi) is 5.19. The summed E-state index contributed by atoms with van der Waals surface area (Å²) in [6, 6.07) is 9.04. The van der Waals surface area contributed by atoms with Crippen molar-refractivity contribution in [3.63, 3.8) is 0 Å². The SMILES string of the molecule is C#Cc1ccc2c3c(cccc13)C(=O)N(CCCCCCCC)C2=O. The number of rotatable bonds is 7. The van der Waals surface area contributed by atoms with E-state index in [4.69, 9.17) is 6.42 Å². The number of terminal acetylenes is 1. The van der Waals surface area contributed by atoms with Crippen LogP contribution in [0.1, 0.15) is 71.7 Å². The van der Waals surface area contributed by atoms with Crippen LogP contribution in [-0.4, -0.2) is 23.3 Å². The zero-order chi connectivity index (χ0) is 17.8. The van der Waals surface area contributed by atoms with Gasteiger partial charge in [-0.1, -0.05) is 57.1 Å². The lowest BCUT2D eigenvalue weighted by Crippen LogP contribution is -2.40. The normalized spacial score (nSPS) is 13.4. The summed E-state index contributed by atoms with van der Waals surface area (Å²) < 4.78 is 0. The zero-order valence-electron chi connectivity index (χ0n) is 14.7. The van der Waals surface area contributed by atoms with Crippen molar-refractivity contribution in [2.45, 2.75) is 45.4 Å². The summed E-state index contributed by atoms with van der Waals surface area (Å²) in [5, 5.41) is 1.51. The molecule has 128 valence electrons. The lowest BCUT2D eigenvalue weighted by atomic mass is 9.91. The Morgan fingerprint density at radius 3 is 2.32 bits per heavy atom. The molecule has 0 bridgehead atoms. The van der Waals surface area contributed by atoms with Crippen LogP contribution in [0, 0.1) is 12.3 Å². The van der Waals surface area contributed by atoms with E-state index in [2.05, 4.69) is 12.8 Å².